The van der Waals surface area contributed by atoms with Gasteiger partial charge in [0.2, 0.25) is 5.95 Å². The summed E-state index contributed by atoms with van der Waals surface area (Å²) in [4.78, 5) is 18.4. The summed E-state index contributed by atoms with van der Waals surface area (Å²) >= 11 is 0. The number of aryl methyl sites for hydroxylation is 1. The predicted molar refractivity (Wildman–Crippen MR) is 124 cm³/mol. The lowest BCUT2D eigenvalue weighted by Crippen LogP contribution is -2.46. The Bertz CT molecular complexity index is 1160. The number of imidazole rings is 1. The number of benzene rings is 1. The maximum absolute atomic E-state index is 6.11. The van der Waals surface area contributed by atoms with Crippen LogP contribution in [0.25, 0.3) is 16.9 Å². The van der Waals surface area contributed by atoms with Gasteiger partial charge in [0.25, 0.3) is 0 Å². The third-order valence-electron chi connectivity index (χ3n) is 5.96. The Morgan fingerprint density at radius 2 is 1.68 bits per heavy atom. The van der Waals surface area contributed by atoms with E-state index in [0.29, 0.717) is 0 Å². The van der Waals surface area contributed by atoms with Crippen LogP contribution in [0.3, 0.4) is 0 Å². The monoisotopic (exact) mass is 413 g/mol. The number of anilines is 2. The van der Waals surface area contributed by atoms with E-state index in [1.807, 2.05) is 24.4 Å². The normalized spacial score (nSPS) is 14.9. The number of rotatable bonds is 5. The van der Waals surface area contributed by atoms with E-state index in [4.69, 9.17) is 10.7 Å². The van der Waals surface area contributed by atoms with Gasteiger partial charge in [-0.15, -0.1) is 0 Å². The van der Waals surface area contributed by atoms with Gasteiger partial charge in [0.05, 0.1) is 11.4 Å². The fourth-order valence-corrected chi connectivity index (χ4v) is 4.16. The fraction of sp³-hybridized carbons (Fsp3) is 0.292. The molecule has 0 saturated carbocycles. The number of fused-ring (bicyclic) bond motifs is 1. The smallest absolute Gasteiger partial charge is 0.225 e. The van der Waals surface area contributed by atoms with Crippen molar-refractivity contribution in [2.75, 3.05) is 36.8 Å². The number of nitrogens with two attached hydrogens (primary N) is 1. The molecule has 1 aromatic carbocycles. The molecule has 4 aromatic rings. The number of pyridine rings is 1. The molecule has 7 heteroatoms. The number of aromatic nitrogens is 4. The Labute approximate surface area is 182 Å². The average Bonchev–Trinajstić information content (AvgIpc) is 3.17. The van der Waals surface area contributed by atoms with Crippen LogP contribution in [0.1, 0.15) is 18.2 Å². The van der Waals surface area contributed by atoms with E-state index in [-0.39, 0.29) is 0 Å². The molecular weight excluding hydrogens is 386 g/mol. The summed E-state index contributed by atoms with van der Waals surface area (Å²) in [5.41, 5.74) is 12.5. The van der Waals surface area contributed by atoms with Crippen LogP contribution in [0.15, 0.2) is 61.1 Å². The van der Waals surface area contributed by atoms with Gasteiger partial charge in [0, 0.05) is 62.6 Å². The number of hydrogen-bond donors (Lipinski definition) is 1. The SMILES string of the molecule is CCc1ccc(-c2nc3ccc(N)cn3c2CN2CCN(c3ncccn3)CC2)cc1. The highest BCUT2D eigenvalue weighted by molar-refractivity contribution is 5.67. The predicted octanol–water partition coefficient (Wildman–Crippen LogP) is 3.26. The van der Waals surface area contributed by atoms with Crippen LogP contribution in [0.5, 0.6) is 0 Å². The zero-order valence-electron chi connectivity index (χ0n) is 17.8. The van der Waals surface area contributed by atoms with Crippen LogP contribution >= 0.6 is 0 Å². The molecule has 1 fully saturated rings. The minimum absolute atomic E-state index is 0.741. The maximum atomic E-state index is 6.11. The number of piperazine rings is 1. The molecule has 31 heavy (non-hydrogen) atoms. The van der Waals surface area contributed by atoms with Crippen molar-refractivity contribution in [1.82, 2.24) is 24.3 Å². The van der Waals surface area contributed by atoms with Crippen molar-refractivity contribution in [3.8, 4) is 11.3 Å². The van der Waals surface area contributed by atoms with Gasteiger partial charge in [0.15, 0.2) is 0 Å². The average molecular weight is 414 g/mol. The molecule has 0 aliphatic carbocycles. The first-order valence-corrected chi connectivity index (χ1v) is 10.8. The van der Waals surface area contributed by atoms with Crippen molar-refractivity contribution < 1.29 is 0 Å². The molecule has 2 N–H and O–H groups in total. The Balaban J connectivity index is 1.42. The molecule has 5 rings (SSSR count). The topological polar surface area (TPSA) is 75.6 Å². The molecule has 0 unspecified atom stereocenters. The third-order valence-corrected chi connectivity index (χ3v) is 5.96. The van der Waals surface area contributed by atoms with Gasteiger partial charge in [-0.1, -0.05) is 31.2 Å². The van der Waals surface area contributed by atoms with Crippen molar-refractivity contribution in [3.05, 3.63) is 72.3 Å². The summed E-state index contributed by atoms with van der Waals surface area (Å²) < 4.78 is 2.14. The first-order chi connectivity index (χ1) is 15.2. The van der Waals surface area contributed by atoms with E-state index in [0.717, 1.165) is 67.7 Å². The van der Waals surface area contributed by atoms with Gasteiger partial charge in [-0.25, -0.2) is 15.0 Å². The molecule has 0 spiro atoms. The standard InChI is InChI=1S/C24H27N7/c1-2-18-4-6-19(7-5-18)23-21(31-16-20(25)8-9-22(31)28-23)17-29-12-14-30(15-13-29)24-26-10-3-11-27-24/h3-11,16H,2,12-15,17,25H2,1H3. The molecule has 0 atom stereocenters. The van der Waals surface area contributed by atoms with Gasteiger partial charge >= 0.3 is 0 Å². The first-order valence-electron chi connectivity index (χ1n) is 10.8. The molecule has 3 aromatic heterocycles. The van der Waals surface area contributed by atoms with E-state index >= 15 is 0 Å². The molecule has 158 valence electrons. The van der Waals surface area contributed by atoms with E-state index in [9.17, 15) is 0 Å². The highest BCUT2D eigenvalue weighted by Crippen LogP contribution is 2.27. The lowest BCUT2D eigenvalue weighted by molar-refractivity contribution is 0.246. The third kappa shape index (κ3) is 3.96. The van der Waals surface area contributed by atoms with Crippen LogP contribution in [-0.2, 0) is 13.0 Å². The maximum Gasteiger partial charge on any atom is 0.225 e. The molecule has 1 aliphatic heterocycles. The second-order valence-electron chi connectivity index (χ2n) is 7.96. The lowest BCUT2D eigenvalue weighted by atomic mass is 10.1. The minimum atomic E-state index is 0.741. The van der Waals surface area contributed by atoms with Gasteiger partial charge in [-0.2, -0.15) is 0 Å². The zero-order chi connectivity index (χ0) is 21.2. The molecule has 0 radical (unpaired) electrons. The van der Waals surface area contributed by atoms with Crippen molar-refractivity contribution in [1.29, 1.82) is 0 Å². The van der Waals surface area contributed by atoms with Crippen molar-refractivity contribution in [2.24, 2.45) is 0 Å². The van der Waals surface area contributed by atoms with Crippen LogP contribution < -0.4 is 10.6 Å². The second-order valence-corrected chi connectivity index (χ2v) is 7.96. The fourth-order valence-electron chi connectivity index (χ4n) is 4.16. The van der Waals surface area contributed by atoms with E-state index in [2.05, 4.69) is 55.4 Å². The lowest BCUT2D eigenvalue weighted by Gasteiger charge is -2.34. The summed E-state index contributed by atoms with van der Waals surface area (Å²) in [6.07, 6.45) is 6.61. The molecule has 0 bridgehead atoms. The number of nitrogens with zero attached hydrogens (tertiary/aromatic N) is 6. The van der Waals surface area contributed by atoms with Gasteiger partial charge in [-0.05, 0) is 30.2 Å². The van der Waals surface area contributed by atoms with Gasteiger partial charge in [0.1, 0.15) is 5.65 Å². The Kier molecular flexibility index (Phi) is 5.26. The largest absolute Gasteiger partial charge is 0.398 e. The zero-order valence-corrected chi connectivity index (χ0v) is 17.8. The Hall–Kier alpha value is -3.45. The highest BCUT2D eigenvalue weighted by Gasteiger charge is 2.22. The number of hydrogen-bond acceptors (Lipinski definition) is 6. The number of nitrogen functional groups attached to an aromatic ring is 1. The Morgan fingerprint density at radius 3 is 2.39 bits per heavy atom. The summed E-state index contributed by atoms with van der Waals surface area (Å²) in [6.45, 7) is 6.70. The van der Waals surface area contributed by atoms with Crippen LogP contribution in [0.4, 0.5) is 11.6 Å². The Morgan fingerprint density at radius 1 is 0.935 bits per heavy atom. The van der Waals surface area contributed by atoms with Crippen molar-refractivity contribution >= 4 is 17.3 Å². The highest BCUT2D eigenvalue weighted by atomic mass is 15.3. The summed E-state index contributed by atoms with van der Waals surface area (Å²) in [6, 6.07) is 14.5. The molecule has 1 aliphatic rings. The molecule has 0 amide bonds. The minimum Gasteiger partial charge on any atom is -0.398 e. The molecule has 7 nitrogen and oxygen atoms in total. The second kappa shape index (κ2) is 8.35. The van der Waals surface area contributed by atoms with Gasteiger partial charge < -0.3 is 15.0 Å². The molecule has 4 heterocycles. The van der Waals surface area contributed by atoms with Crippen molar-refractivity contribution in [3.63, 3.8) is 0 Å². The summed E-state index contributed by atoms with van der Waals surface area (Å²) in [5, 5.41) is 0. The van der Waals surface area contributed by atoms with Gasteiger partial charge in [-0.3, -0.25) is 4.90 Å². The summed E-state index contributed by atoms with van der Waals surface area (Å²) in [7, 11) is 0. The van der Waals surface area contributed by atoms with Crippen molar-refractivity contribution in [2.45, 2.75) is 19.9 Å². The van der Waals surface area contributed by atoms with E-state index < -0.39 is 0 Å². The first kappa shape index (κ1) is 19.5. The van der Waals surface area contributed by atoms with Crippen LogP contribution in [-0.4, -0.2) is 50.4 Å². The molecule has 1 saturated heterocycles. The summed E-state index contributed by atoms with van der Waals surface area (Å²) in [5.74, 6) is 0.807. The van der Waals surface area contributed by atoms with E-state index in [1.54, 1.807) is 12.4 Å². The van der Waals surface area contributed by atoms with Crippen LogP contribution in [0, 0.1) is 0 Å². The van der Waals surface area contributed by atoms with E-state index in [1.165, 1.54) is 11.3 Å². The van der Waals surface area contributed by atoms with Crippen LogP contribution in [0.2, 0.25) is 0 Å². The quantitative estimate of drug-likeness (QED) is 0.541. The molecular formula is C24H27N7.